The molecule has 0 aromatic carbocycles. The van der Waals surface area contributed by atoms with Crippen molar-refractivity contribution in [3.8, 4) is 0 Å². The van der Waals surface area contributed by atoms with Crippen molar-refractivity contribution >= 4 is 5.97 Å². The summed E-state index contributed by atoms with van der Waals surface area (Å²) in [4.78, 5) is 11.3. The van der Waals surface area contributed by atoms with Gasteiger partial charge in [-0.25, -0.2) is 4.79 Å². The molecule has 0 aliphatic heterocycles. The Morgan fingerprint density at radius 1 is 1.46 bits per heavy atom. The zero-order valence-corrected chi connectivity index (χ0v) is 8.79. The number of nitrogens with two attached hydrogens (primary N) is 1. The molecule has 13 heavy (non-hydrogen) atoms. The molecule has 4 heteroatoms. The molecule has 2 N–H and O–H groups in total. The van der Waals surface area contributed by atoms with Gasteiger partial charge in [0.25, 0.3) is 0 Å². The second-order valence-electron chi connectivity index (χ2n) is 3.84. The first kappa shape index (κ1) is 12.4. The molecule has 0 aliphatic rings. The second kappa shape index (κ2) is 5.19. The molecule has 1 unspecified atom stereocenters. The molecule has 0 amide bonds. The topological polar surface area (TPSA) is 61.5 Å². The van der Waals surface area contributed by atoms with Crippen LogP contribution in [-0.4, -0.2) is 30.8 Å². The van der Waals surface area contributed by atoms with Crippen LogP contribution in [0.3, 0.4) is 0 Å². The van der Waals surface area contributed by atoms with E-state index in [1.165, 1.54) is 0 Å². The van der Waals surface area contributed by atoms with Crippen molar-refractivity contribution in [3.63, 3.8) is 0 Å². The zero-order chi connectivity index (χ0) is 10.5. The lowest BCUT2D eigenvalue weighted by atomic mass is 10.2. The lowest BCUT2D eigenvalue weighted by molar-refractivity contribution is -0.167. The predicted molar refractivity (Wildman–Crippen MR) is 50.3 cm³/mol. The summed E-state index contributed by atoms with van der Waals surface area (Å²) >= 11 is 0. The highest BCUT2D eigenvalue weighted by Crippen LogP contribution is 2.09. The molecule has 0 heterocycles. The molecule has 0 rings (SSSR count). The third kappa shape index (κ3) is 6.54. The van der Waals surface area contributed by atoms with Crippen LogP contribution in [0.5, 0.6) is 0 Å². The van der Waals surface area contributed by atoms with Crippen molar-refractivity contribution in [3.05, 3.63) is 0 Å². The summed E-state index contributed by atoms with van der Waals surface area (Å²) in [6, 6.07) is 0. The monoisotopic (exact) mass is 189 g/mol. The highest BCUT2D eigenvalue weighted by molar-refractivity contribution is 5.74. The number of ether oxygens (including phenoxy) is 2. The number of hydrogen-bond acceptors (Lipinski definition) is 4. The molecule has 1 atom stereocenters. The molecule has 78 valence electrons. The molecule has 0 aliphatic carbocycles. The predicted octanol–water partition coefficient (Wildman–Crippen LogP) is 0.692. The Balaban J connectivity index is 3.83. The summed E-state index contributed by atoms with van der Waals surface area (Å²) in [5.41, 5.74) is 4.77. The number of hydrogen-bond donors (Lipinski definition) is 1. The van der Waals surface area contributed by atoms with Crippen molar-refractivity contribution < 1.29 is 14.3 Å². The van der Waals surface area contributed by atoms with Gasteiger partial charge in [-0.05, 0) is 27.7 Å². The first-order valence-corrected chi connectivity index (χ1v) is 4.41. The van der Waals surface area contributed by atoms with Gasteiger partial charge in [0.15, 0.2) is 6.10 Å². The van der Waals surface area contributed by atoms with Gasteiger partial charge in [0.05, 0.1) is 6.61 Å². The van der Waals surface area contributed by atoms with E-state index in [-0.39, 0.29) is 5.97 Å². The van der Waals surface area contributed by atoms with Gasteiger partial charge in [-0.1, -0.05) is 0 Å². The minimum absolute atomic E-state index is 0.346. The summed E-state index contributed by atoms with van der Waals surface area (Å²) in [5, 5.41) is 0. The Kier molecular flexibility index (Phi) is 4.95. The Morgan fingerprint density at radius 3 is 2.38 bits per heavy atom. The van der Waals surface area contributed by atoms with E-state index in [4.69, 9.17) is 15.2 Å². The fourth-order valence-corrected chi connectivity index (χ4v) is 0.698. The summed E-state index contributed by atoms with van der Waals surface area (Å²) in [7, 11) is 0. The van der Waals surface area contributed by atoms with E-state index in [2.05, 4.69) is 0 Å². The van der Waals surface area contributed by atoms with Crippen LogP contribution in [0.15, 0.2) is 0 Å². The molecule has 0 aromatic rings. The molecule has 0 saturated heterocycles. The number of rotatable bonds is 4. The van der Waals surface area contributed by atoms with Crippen molar-refractivity contribution in [1.82, 2.24) is 0 Å². The van der Waals surface area contributed by atoms with Crippen molar-refractivity contribution in [1.29, 1.82) is 0 Å². The van der Waals surface area contributed by atoms with Crippen LogP contribution in [0.25, 0.3) is 0 Å². The first-order chi connectivity index (χ1) is 5.87. The number of carbonyl (C=O) groups is 1. The largest absolute Gasteiger partial charge is 0.458 e. The van der Waals surface area contributed by atoms with E-state index in [1.54, 1.807) is 6.92 Å². The maximum absolute atomic E-state index is 11.3. The third-order valence-corrected chi connectivity index (χ3v) is 1.22. The zero-order valence-electron chi connectivity index (χ0n) is 8.79. The van der Waals surface area contributed by atoms with Gasteiger partial charge < -0.3 is 15.2 Å². The standard InChI is InChI=1S/C9H19NO3/c1-7(12-6-5-10)8(11)13-9(2,3)4/h7H,5-6,10H2,1-4H3. The van der Waals surface area contributed by atoms with E-state index in [1.807, 2.05) is 20.8 Å². The van der Waals surface area contributed by atoms with Gasteiger partial charge in [0, 0.05) is 6.54 Å². The number of carbonyl (C=O) groups excluding carboxylic acids is 1. The van der Waals surface area contributed by atoms with E-state index in [0.717, 1.165) is 0 Å². The molecular formula is C9H19NO3. The Morgan fingerprint density at radius 2 is 2.00 bits per heavy atom. The lowest BCUT2D eigenvalue weighted by Gasteiger charge is -2.22. The van der Waals surface area contributed by atoms with E-state index in [0.29, 0.717) is 13.2 Å². The summed E-state index contributed by atoms with van der Waals surface area (Å²) in [5.74, 6) is -0.346. The van der Waals surface area contributed by atoms with Crippen molar-refractivity contribution in [2.24, 2.45) is 5.73 Å². The third-order valence-electron chi connectivity index (χ3n) is 1.22. The van der Waals surface area contributed by atoms with Crippen LogP contribution in [0, 0.1) is 0 Å². The average molecular weight is 189 g/mol. The van der Waals surface area contributed by atoms with E-state index < -0.39 is 11.7 Å². The van der Waals surface area contributed by atoms with Crippen LogP contribution < -0.4 is 5.73 Å². The highest BCUT2D eigenvalue weighted by atomic mass is 16.6. The second-order valence-corrected chi connectivity index (χ2v) is 3.84. The van der Waals surface area contributed by atoms with Gasteiger partial charge in [0.2, 0.25) is 0 Å². The summed E-state index contributed by atoms with van der Waals surface area (Å²) in [6.07, 6.45) is -0.539. The Bertz CT molecular complexity index is 163. The Hall–Kier alpha value is -0.610. The van der Waals surface area contributed by atoms with E-state index in [9.17, 15) is 4.79 Å². The smallest absolute Gasteiger partial charge is 0.335 e. The molecule has 0 spiro atoms. The van der Waals surface area contributed by atoms with Gasteiger partial charge in [-0.3, -0.25) is 0 Å². The number of esters is 1. The minimum Gasteiger partial charge on any atom is -0.458 e. The Labute approximate surface area is 79.4 Å². The van der Waals surface area contributed by atoms with Gasteiger partial charge >= 0.3 is 5.97 Å². The van der Waals surface area contributed by atoms with Gasteiger partial charge in [-0.2, -0.15) is 0 Å². The van der Waals surface area contributed by atoms with E-state index >= 15 is 0 Å². The molecule has 0 saturated carbocycles. The summed E-state index contributed by atoms with van der Waals surface area (Å²) in [6.45, 7) is 7.90. The highest BCUT2D eigenvalue weighted by Gasteiger charge is 2.21. The van der Waals surface area contributed by atoms with Crippen molar-refractivity contribution in [2.45, 2.75) is 39.4 Å². The quantitative estimate of drug-likeness (QED) is 0.661. The van der Waals surface area contributed by atoms with Gasteiger partial charge in [0.1, 0.15) is 5.60 Å². The fourth-order valence-electron chi connectivity index (χ4n) is 0.698. The molecule has 0 radical (unpaired) electrons. The van der Waals surface area contributed by atoms with Crippen LogP contribution in [-0.2, 0) is 14.3 Å². The van der Waals surface area contributed by atoms with Crippen molar-refractivity contribution in [2.75, 3.05) is 13.2 Å². The molecule has 0 fully saturated rings. The first-order valence-electron chi connectivity index (χ1n) is 4.41. The van der Waals surface area contributed by atoms with Crippen LogP contribution in [0.4, 0.5) is 0 Å². The van der Waals surface area contributed by atoms with Crippen LogP contribution in [0.1, 0.15) is 27.7 Å². The summed E-state index contributed by atoms with van der Waals surface area (Å²) < 4.78 is 10.2. The maximum Gasteiger partial charge on any atom is 0.335 e. The average Bonchev–Trinajstić information content (AvgIpc) is 1.96. The molecular weight excluding hydrogens is 170 g/mol. The van der Waals surface area contributed by atoms with Crippen LogP contribution in [0.2, 0.25) is 0 Å². The lowest BCUT2D eigenvalue weighted by Crippen LogP contribution is -2.32. The minimum atomic E-state index is -0.539. The normalized spacial score (nSPS) is 13.9. The molecule has 4 nitrogen and oxygen atoms in total. The SMILES string of the molecule is CC(OCCN)C(=O)OC(C)(C)C. The maximum atomic E-state index is 11.3. The van der Waals surface area contributed by atoms with Gasteiger partial charge in [-0.15, -0.1) is 0 Å². The molecule has 0 aromatic heterocycles. The molecule has 0 bridgehead atoms. The fraction of sp³-hybridized carbons (Fsp3) is 0.889. The van der Waals surface area contributed by atoms with Crippen LogP contribution >= 0.6 is 0 Å².